The van der Waals surface area contributed by atoms with Gasteiger partial charge in [0.25, 0.3) is 0 Å². The Hall–Kier alpha value is -0.990. The van der Waals surface area contributed by atoms with Crippen LogP contribution in [0.2, 0.25) is 4.34 Å². The first-order valence-corrected chi connectivity index (χ1v) is 9.01. The van der Waals surface area contributed by atoms with Gasteiger partial charge in [0.05, 0.1) is 4.34 Å². The highest BCUT2D eigenvalue weighted by atomic mass is 35.5. The highest BCUT2D eigenvalue weighted by Crippen LogP contribution is 2.25. The van der Waals surface area contributed by atoms with Crippen molar-refractivity contribution in [1.29, 1.82) is 0 Å². The van der Waals surface area contributed by atoms with Gasteiger partial charge in [-0.3, -0.25) is 9.89 Å². The number of nitrogens with zero attached hydrogens (tertiary/aromatic N) is 3. The molecule has 0 radical (unpaired) electrons. The van der Waals surface area contributed by atoms with Crippen molar-refractivity contribution in [2.75, 3.05) is 39.8 Å². The number of hydrogen-bond acceptors (Lipinski definition) is 3. The summed E-state index contributed by atoms with van der Waals surface area (Å²) in [7, 11) is 1.69. The van der Waals surface area contributed by atoms with Crippen molar-refractivity contribution in [3.8, 4) is 0 Å². The van der Waals surface area contributed by atoms with Gasteiger partial charge in [-0.15, -0.1) is 11.3 Å². The Kier molecular flexibility index (Phi) is 6.77. The molecule has 1 aliphatic heterocycles. The largest absolute Gasteiger partial charge is 0.403 e. The van der Waals surface area contributed by atoms with Gasteiger partial charge in [-0.1, -0.05) is 11.6 Å². The molecule has 0 spiro atoms. The predicted molar refractivity (Wildman–Crippen MR) is 93.1 cm³/mol. The molecule has 0 amide bonds. The highest BCUT2D eigenvalue weighted by molar-refractivity contribution is 7.16. The molecule has 1 fully saturated rings. The molecule has 1 aromatic heterocycles. The molecular weight excluding hydrogens is 361 g/mol. The van der Waals surface area contributed by atoms with Gasteiger partial charge in [0, 0.05) is 44.6 Å². The third-order valence-corrected chi connectivity index (χ3v) is 5.42. The Bertz CT molecular complexity index is 553. The fourth-order valence-corrected chi connectivity index (χ4v) is 3.73. The van der Waals surface area contributed by atoms with Crippen LogP contribution in [0.25, 0.3) is 0 Å². The van der Waals surface area contributed by atoms with E-state index in [0.29, 0.717) is 32.7 Å². The fourth-order valence-electron chi connectivity index (χ4n) is 2.64. The van der Waals surface area contributed by atoms with Gasteiger partial charge in [0.15, 0.2) is 5.96 Å². The summed E-state index contributed by atoms with van der Waals surface area (Å²) in [5, 5.41) is 3.27. The lowest BCUT2D eigenvalue weighted by molar-refractivity contribution is -0.181. The summed E-state index contributed by atoms with van der Waals surface area (Å²) in [5.74, 6) is 0.733. The molecular formula is C15H22ClF3N4S. The summed E-state index contributed by atoms with van der Waals surface area (Å²) in [5.41, 5.74) is 0. The number of alkyl halides is 3. The molecule has 2 rings (SSSR count). The van der Waals surface area contributed by atoms with E-state index in [1.54, 1.807) is 18.4 Å². The molecule has 0 aliphatic carbocycles. The van der Waals surface area contributed by atoms with E-state index in [1.807, 2.05) is 17.0 Å². The molecule has 24 heavy (non-hydrogen) atoms. The monoisotopic (exact) mass is 382 g/mol. The van der Waals surface area contributed by atoms with Crippen molar-refractivity contribution in [3.63, 3.8) is 0 Å². The first-order valence-electron chi connectivity index (χ1n) is 7.82. The second kappa shape index (κ2) is 8.40. The maximum absolute atomic E-state index is 12.8. The number of halogens is 4. The minimum atomic E-state index is -4.18. The number of guanidine groups is 1. The quantitative estimate of drug-likeness (QED) is 0.641. The van der Waals surface area contributed by atoms with E-state index >= 15 is 0 Å². The number of thiophene rings is 1. The molecule has 1 aromatic rings. The van der Waals surface area contributed by atoms with Crippen LogP contribution in [0.3, 0.4) is 0 Å². The lowest BCUT2D eigenvalue weighted by Crippen LogP contribution is -2.56. The van der Waals surface area contributed by atoms with E-state index in [0.717, 1.165) is 16.7 Å². The lowest BCUT2D eigenvalue weighted by atomic mass is 10.2. The van der Waals surface area contributed by atoms with Crippen molar-refractivity contribution < 1.29 is 13.2 Å². The second-order valence-electron chi connectivity index (χ2n) is 5.67. The molecule has 136 valence electrons. The van der Waals surface area contributed by atoms with Gasteiger partial charge >= 0.3 is 6.18 Å². The Morgan fingerprint density at radius 2 is 2.00 bits per heavy atom. The van der Waals surface area contributed by atoms with E-state index in [4.69, 9.17) is 11.6 Å². The number of rotatable bonds is 4. The van der Waals surface area contributed by atoms with Crippen LogP contribution in [-0.2, 0) is 6.42 Å². The average Bonchev–Trinajstić information content (AvgIpc) is 2.96. The summed E-state index contributed by atoms with van der Waals surface area (Å²) < 4.78 is 39.1. The minimum Gasteiger partial charge on any atom is -0.356 e. The van der Waals surface area contributed by atoms with Gasteiger partial charge in [-0.05, 0) is 25.5 Å². The summed E-state index contributed by atoms with van der Waals surface area (Å²) in [6.07, 6.45) is -3.34. The van der Waals surface area contributed by atoms with E-state index in [1.165, 1.54) is 16.7 Å². The van der Waals surface area contributed by atoms with Crippen molar-refractivity contribution in [2.45, 2.75) is 25.6 Å². The van der Waals surface area contributed by atoms with Crippen LogP contribution in [-0.4, -0.2) is 67.7 Å². The zero-order chi connectivity index (χ0) is 17.7. The first-order chi connectivity index (χ1) is 11.3. The van der Waals surface area contributed by atoms with Crippen LogP contribution in [0.4, 0.5) is 13.2 Å². The topological polar surface area (TPSA) is 30.9 Å². The number of nitrogens with one attached hydrogen (secondary N) is 1. The van der Waals surface area contributed by atoms with Crippen LogP contribution in [0.5, 0.6) is 0 Å². The average molecular weight is 383 g/mol. The van der Waals surface area contributed by atoms with Crippen LogP contribution in [0, 0.1) is 0 Å². The lowest BCUT2D eigenvalue weighted by Gasteiger charge is -2.39. The molecule has 1 aliphatic rings. The molecule has 1 atom stereocenters. The van der Waals surface area contributed by atoms with Gasteiger partial charge in [0.1, 0.15) is 6.04 Å². The molecule has 4 nitrogen and oxygen atoms in total. The van der Waals surface area contributed by atoms with E-state index in [-0.39, 0.29) is 0 Å². The molecule has 1 N–H and O–H groups in total. The molecule has 9 heteroatoms. The smallest absolute Gasteiger partial charge is 0.356 e. The molecule has 0 saturated carbocycles. The van der Waals surface area contributed by atoms with Crippen LogP contribution in [0.1, 0.15) is 11.8 Å². The minimum absolute atomic E-state index is 0.377. The number of piperazine rings is 1. The first kappa shape index (κ1) is 19.3. The van der Waals surface area contributed by atoms with Crippen LogP contribution >= 0.6 is 22.9 Å². The second-order valence-corrected chi connectivity index (χ2v) is 7.47. The van der Waals surface area contributed by atoms with E-state index < -0.39 is 12.2 Å². The fraction of sp³-hybridized carbons (Fsp3) is 0.667. The highest BCUT2D eigenvalue weighted by Gasteiger charge is 2.41. The summed E-state index contributed by atoms with van der Waals surface area (Å²) in [6.45, 7) is 3.75. The maximum atomic E-state index is 12.8. The maximum Gasteiger partial charge on any atom is 0.403 e. The predicted octanol–water partition coefficient (Wildman–Crippen LogP) is 3.09. The summed E-state index contributed by atoms with van der Waals surface area (Å²) in [4.78, 5) is 8.89. The molecule has 2 heterocycles. The molecule has 0 aromatic carbocycles. The van der Waals surface area contributed by atoms with Crippen LogP contribution < -0.4 is 5.32 Å². The SMILES string of the molecule is CN=C(NCCc1ccc(Cl)s1)N1CCN(C(C)C(F)(F)F)CC1. The zero-order valence-electron chi connectivity index (χ0n) is 13.7. The van der Waals surface area contributed by atoms with Gasteiger partial charge in [0.2, 0.25) is 0 Å². The zero-order valence-corrected chi connectivity index (χ0v) is 15.3. The van der Waals surface area contributed by atoms with Gasteiger partial charge in [-0.2, -0.15) is 13.2 Å². The molecule has 1 saturated heterocycles. The summed E-state index contributed by atoms with van der Waals surface area (Å²) in [6, 6.07) is 2.46. The summed E-state index contributed by atoms with van der Waals surface area (Å²) >= 11 is 7.45. The van der Waals surface area contributed by atoms with E-state index in [9.17, 15) is 13.2 Å². The van der Waals surface area contributed by atoms with Gasteiger partial charge < -0.3 is 10.2 Å². The normalized spacial score (nSPS) is 18.8. The molecule has 0 bridgehead atoms. The van der Waals surface area contributed by atoms with Crippen molar-refractivity contribution in [1.82, 2.24) is 15.1 Å². The van der Waals surface area contributed by atoms with Gasteiger partial charge in [-0.25, -0.2) is 0 Å². The van der Waals surface area contributed by atoms with Crippen LogP contribution in [0.15, 0.2) is 17.1 Å². The Morgan fingerprint density at radius 3 is 2.50 bits per heavy atom. The Labute approximate surface area is 149 Å². The van der Waals surface area contributed by atoms with Crippen molar-refractivity contribution in [2.24, 2.45) is 4.99 Å². The number of hydrogen-bond donors (Lipinski definition) is 1. The van der Waals surface area contributed by atoms with Crippen molar-refractivity contribution >= 4 is 28.9 Å². The molecule has 1 unspecified atom stereocenters. The number of aliphatic imine (C=N–C) groups is 1. The van der Waals surface area contributed by atoms with E-state index in [2.05, 4.69) is 10.3 Å². The third kappa shape index (κ3) is 5.26. The Balaban J connectivity index is 1.78. The Morgan fingerprint density at radius 1 is 1.33 bits per heavy atom. The van der Waals surface area contributed by atoms with Crippen molar-refractivity contribution in [3.05, 3.63) is 21.3 Å². The standard InChI is InChI=1S/C15H22ClF3N4S/c1-11(15(17,18)19)22-7-9-23(10-8-22)14(20-2)21-6-5-12-3-4-13(16)24-12/h3-4,11H,5-10H2,1-2H3,(H,20,21). The third-order valence-electron chi connectivity index (χ3n) is 4.13.